The van der Waals surface area contributed by atoms with Gasteiger partial charge in [0.05, 0.1) is 0 Å². The molecule has 4 unspecified atom stereocenters. The van der Waals surface area contributed by atoms with Gasteiger partial charge in [0.1, 0.15) is 0 Å². The Morgan fingerprint density at radius 3 is 1.40 bits per heavy atom. The molecule has 291 valence electrons. The molecule has 4 atom stereocenters. The zero-order valence-corrected chi connectivity index (χ0v) is 39.7. The molecule has 1 aliphatic heterocycles. The fourth-order valence-electron chi connectivity index (χ4n) is 10.7. The first-order valence-electron chi connectivity index (χ1n) is 22.2. The molecule has 0 saturated carbocycles. The van der Waals surface area contributed by atoms with Crippen molar-refractivity contribution in [2.75, 3.05) is 0 Å². The van der Waals surface area contributed by atoms with E-state index in [2.05, 4.69) is 195 Å². The minimum atomic E-state index is -2.91. The monoisotopic (exact) mass is 849 g/mol. The SMILES string of the molecule is CCC(C)c1ccccc1-c1cccc2c1C=C(C(C)C)[CH]2[Zr]([c]1cccc2c1[SiH2]c1ccccc1-2)[CH]1C(C(C)C)=Cc2c(-c3ccccc3C(C)CC)cccc21. The van der Waals surface area contributed by atoms with Crippen LogP contribution in [0.4, 0.5) is 0 Å². The number of allylic oxidation sites excluding steroid dienone is 2. The number of rotatable bonds is 11. The van der Waals surface area contributed by atoms with E-state index in [4.69, 9.17) is 0 Å². The predicted octanol–water partition coefficient (Wildman–Crippen LogP) is 13.0. The Morgan fingerprint density at radius 1 is 0.466 bits per heavy atom. The molecule has 0 amide bonds. The molecule has 2 heteroatoms. The first-order valence-corrected chi connectivity index (χ1v) is 27.6. The van der Waals surface area contributed by atoms with Crippen LogP contribution >= 0.6 is 0 Å². The summed E-state index contributed by atoms with van der Waals surface area (Å²) < 4.78 is 2.69. The van der Waals surface area contributed by atoms with Crippen LogP contribution in [-0.4, -0.2) is 9.52 Å². The molecule has 0 aromatic heterocycles. The summed E-state index contributed by atoms with van der Waals surface area (Å²) in [5.74, 6) is 1.93. The molecule has 58 heavy (non-hydrogen) atoms. The number of benzene rings is 6. The van der Waals surface area contributed by atoms with Crippen LogP contribution in [0.25, 0.3) is 45.5 Å². The third kappa shape index (κ3) is 6.58. The molecule has 6 aromatic rings. The molecular formula is C56H59SiZr. The van der Waals surface area contributed by atoms with Gasteiger partial charge in [0.15, 0.2) is 0 Å². The second kappa shape index (κ2) is 16.2. The Labute approximate surface area is 359 Å². The van der Waals surface area contributed by atoms with Gasteiger partial charge in [0.2, 0.25) is 0 Å². The van der Waals surface area contributed by atoms with E-state index in [1.54, 1.807) is 35.9 Å². The van der Waals surface area contributed by atoms with E-state index < -0.39 is 31.3 Å². The first-order chi connectivity index (χ1) is 28.2. The summed E-state index contributed by atoms with van der Waals surface area (Å²) in [4.78, 5) is 0. The van der Waals surface area contributed by atoms with Crippen molar-refractivity contribution in [3.05, 3.63) is 172 Å². The second-order valence-corrected chi connectivity index (χ2v) is 26.2. The topological polar surface area (TPSA) is 0 Å². The van der Waals surface area contributed by atoms with Crippen LogP contribution in [0.1, 0.15) is 121 Å². The van der Waals surface area contributed by atoms with Gasteiger partial charge in [-0.05, 0) is 0 Å². The van der Waals surface area contributed by atoms with Gasteiger partial charge in [-0.2, -0.15) is 0 Å². The summed E-state index contributed by atoms with van der Waals surface area (Å²) in [5.41, 5.74) is 21.2. The summed E-state index contributed by atoms with van der Waals surface area (Å²) in [7, 11) is -0.633. The zero-order chi connectivity index (χ0) is 40.2. The van der Waals surface area contributed by atoms with Crippen LogP contribution in [0.5, 0.6) is 0 Å². The van der Waals surface area contributed by atoms with Crippen molar-refractivity contribution < 1.29 is 21.8 Å². The fourth-order valence-corrected chi connectivity index (χ4v) is 25.4. The minimum absolute atomic E-state index is 0.450. The van der Waals surface area contributed by atoms with E-state index in [1.807, 2.05) is 0 Å². The Morgan fingerprint density at radius 2 is 0.897 bits per heavy atom. The Hall–Kier alpha value is -4.10. The molecule has 3 aliphatic rings. The third-order valence-electron chi connectivity index (χ3n) is 14.1. The third-order valence-corrected chi connectivity index (χ3v) is 26.0. The van der Waals surface area contributed by atoms with Gasteiger partial charge in [0.25, 0.3) is 0 Å². The molecule has 0 radical (unpaired) electrons. The van der Waals surface area contributed by atoms with Gasteiger partial charge in [-0.1, -0.05) is 0 Å². The Kier molecular flexibility index (Phi) is 11.0. The van der Waals surface area contributed by atoms with E-state index >= 15 is 0 Å². The van der Waals surface area contributed by atoms with Crippen LogP contribution in [-0.2, 0) is 21.8 Å². The van der Waals surface area contributed by atoms with Gasteiger partial charge in [-0.25, -0.2) is 0 Å². The van der Waals surface area contributed by atoms with Gasteiger partial charge in [0, 0.05) is 0 Å². The number of fused-ring (bicyclic) bond motifs is 5. The van der Waals surface area contributed by atoms with Crippen LogP contribution in [0.3, 0.4) is 0 Å². The van der Waals surface area contributed by atoms with Gasteiger partial charge >= 0.3 is 362 Å². The summed E-state index contributed by atoms with van der Waals surface area (Å²) in [6.07, 6.45) is 7.66. The van der Waals surface area contributed by atoms with Crippen molar-refractivity contribution in [1.29, 1.82) is 0 Å². The van der Waals surface area contributed by atoms with E-state index in [0.717, 1.165) is 12.8 Å². The van der Waals surface area contributed by atoms with Crippen molar-refractivity contribution in [2.45, 2.75) is 87.3 Å². The summed E-state index contributed by atoms with van der Waals surface area (Å²) in [5, 5.41) is 3.38. The molecule has 2 aliphatic carbocycles. The Balaban J connectivity index is 1.31. The van der Waals surface area contributed by atoms with E-state index in [9.17, 15) is 0 Å². The number of hydrogen-bond acceptors (Lipinski definition) is 0. The van der Waals surface area contributed by atoms with E-state index in [0.29, 0.717) is 30.9 Å². The van der Waals surface area contributed by atoms with Gasteiger partial charge < -0.3 is 0 Å². The molecule has 0 spiro atoms. The number of hydrogen-bond donors (Lipinski definition) is 0. The molecular weight excluding hydrogens is 792 g/mol. The Bertz CT molecular complexity index is 2450. The normalized spacial score (nSPS) is 17.8. The average Bonchev–Trinajstić information content (AvgIpc) is 3.96. The van der Waals surface area contributed by atoms with Gasteiger partial charge in [-0.15, -0.1) is 0 Å². The van der Waals surface area contributed by atoms with Crippen LogP contribution in [0, 0.1) is 11.8 Å². The molecule has 6 aromatic carbocycles. The van der Waals surface area contributed by atoms with Crippen molar-refractivity contribution in [3.63, 3.8) is 0 Å². The summed E-state index contributed by atoms with van der Waals surface area (Å²) in [6, 6.07) is 50.2. The van der Waals surface area contributed by atoms with Crippen LogP contribution < -0.4 is 13.6 Å². The van der Waals surface area contributed by atoms with E-state index in [-0.39, 0.29) is 0 Å². The molecule has 0 fully saturated rings. The van der Waals surface area contributed by atoms with Crippen LogP contribution in [0.15, 0.2) is 139 Å². The van der Waals surface area contributed by atoms with Crippen molar-refractivity contribution in [2.24, 2.45) is 11.8 Å². The quantitative estimate of drug-likeness (QED) is 0.114. The van der Waals surface area contributed by atoms with Crippen LogP contribution in [0.2, 0.25) is 0 Å². The zero-order valence-electron chi connectivity index (χ0n) is 35.9. The van der Waals surface area contributed by atoms with Crippen molar-refractivity contribution >= 4 is 35.3 Å². The molecule has 9 rings (SSSR count). The average molecular weight is 851 g/mol. The maximum absolute atomic E-state index is 2.91. The van der Waals surface area contributed by atoms with Gasteiger partial charge in [-0.3, -0.25) is 0 Å². The molecule has 0 nitrogen and oxygen atoms in total. The van der Waals surface area contributed by atoms with Crippen molar-refractivity contribution in [3.8, 4) is 33.4 Å². The predicted molar refractivity (Wildman–Crippen MR) is 252 cm³/mol. The first kappa shape index (κ1) is 39.4. The fraction of sp³-hybridized carbons (Fsp3) is 0.286. The summed E-state index contributed by atoms with van der Waals surface area (Å²) in [6.45, 7) is 19.4. The molecule has 1 heterocycles. The molecule has 0 bridgehead atoms. The standard InChI is InChI=1S/2C22H25.C12H9Si.Zr/c2*1-5-16(4)19-10-6-7-11-20(19)21-12-8-9-17-13-18(15(2)3)14-22(17)21;1-3-7-11-9(5-1)10-6-2-4-8-12(10)13-11;/h2*6-16H,5H2,1-4H3;1-7H,13H2;. The summed E-state index contributed by atoms with van der Waals surface area (Å²) >= 11 is -2.91. The second-order valence-electron chi connectivity index (χ2n) is 18.0. The molecule has 0 N–H and O–H groups in total. The molecule has 0 saturated heterocycles. The van der Waals surface area contributed by atoms with E-state index in [1.165, 1.54) is 55.6 Å². The van der Waals surface area contributed by atoms with Crippen molar-refractivity contribution in [1.82, 2.24) is 0 Å². The maximum atomic E-state index is 2.69.